The predicted molar refractivity (Wildman–Crippen MR) is 85.8 cm³/mol. The van der Waals surface area contributed by atoms with E-state index in [0.717, 1.165) is 49.8 Å². The van der Waals surface area contributed by atoms with E-state index < -0.39 is 0 Å². The summed E-state index contributed by atoms with van der Waals surface area (Å²) in [4.78, 5) is 2.57. The summed E-state index contributed by atoms with van der Waals surface area (Å²) in [5, 5.41) is 3.43. The lowest BCUT2D eigenvalue weighted by Gasteiger charge is -2.38. The summed E-state index contributed by atoms with van der Waals surface area (Å²) < 4.78 is 16.6. The van der Waals surface area contributed by atoms with E-state index in [1.807, 2.05) is 0 Å². The third-order valence-electron chi connectivity index (χ3n) is 4.75. The Bertz CT molecular complexity index is 515. The highest BCUT2D eigenvalue weighted by molar-refractivity contribution is 5.55. The second kappa shape index (κ2) is 6.75. The zero-order valence-electron chi connectivity index (χ0n) is 13.7. The first-order valence-electron chi connectivity index (χ1n) is 8.17. The number of benzene rings is 1. The Labute approximate surface area is 132 Å². The smallest absolute Gasteiger partial charge is 0.231 e. The molecule has 5 nitrogen and oxygen atoms in total. The van der Waals surface area contributed by atoms with Gasteiger partial charge in [0.25, 0.3) is 0 Å². The van der Waals surface area contributed by atoms with Crippen molar-refractivity contribution in [2.75, 3.05) is 40.1 Å². The van der Waals surface area contributed by atoms with Gasteiger partial charge in [-0.1, -0.05) is 20.3 Å². The quantitative estimate of drug-likeness (QED) is 0.905. The Morgan fingerprint density at radius 1 is 1.27 bits per heavy atom. The van der Waals surface area contributed by atoms with Crippen LogP contribution in [0.25, 0.3) is 0 Å². The van der Waals surface area contributed by atoms with Crippen LogP contribution in [0.2, 0.25) is 0 Å². The highest BCUT2D eigenvalue weighted by Gasteiger charge is 2.30. The minimum Gasteiger partial charge on any atom is -0.493 e. The largest absolute Gasteiger partial charge is 0.493 e. The lowest BCUT2D eigenvalue weighted by atomic mass is 9.90. The summed E-state index contributed by atoms with van der Waals surface area (Å²) in [6, 6.07) is 4.63. The van der Waals surface area contributed by atoms with Crippen LogP contribution in [0.4, 0.5) is 0 Å². The maximum atomic E-state index is 5.60. The molecule has 22 heavy (non-hydrogen) atoms. The van der Waals surface area contributed by atoms with E-state index in [-0.39, 0.29) is 6.79 Å². The summed E-state index contributed by atoms with van der Waals surface area (Å²) >= 11 is 0. The molecule has 1 saturated heterocycles. The minimum absolute atomic E-state index is 0.275. The lowest BCUT2D eigenvalue weighted by Crippen LogP contribution is -2.46. The Balaban J connectivity index is 1.96. The highest BCUT2D eigenvalue weighted by Crippen LogP contribution is 2.45. The Kier molecular flexibility index (Phi) is 4.74. The maximum Gasteiger partial charge on any atom is 0.231 e. The van der Waals surface area contributed by atoms with Crippen molar-refractivity contribution in [3.63, 3.8) is 0 Å². The molecule has 122 valence electrons. The molecule has 1 aromatic carbocycles. The van der Waals surface area contributed by atoms with E-state index in [1.54, 1.807) is 7.11 Å². The molecule has 3 rings (SSSR count). The fraction of sp³-hybridized carbons (Fsp3) is 0.647. The second-order valence-electron chi connectivity index (χ2n) is 6.07. The normalized spacial score (nSPS) is 20.7. The zero-order valence-corrected chi connectivity index (χ0v) is 13.7. The van der Waals surface area contributed by atoms with Crippen molar-refractivity contribution < 1.29 is 14.2 Å². The van der Waals surface area contributed by atoms with E-state index in [2.05, 4.69) is 36.2 Å². The molecule has 0 aliphatic carbocycles. The van der Waals surface area contributed by atoms with Crippen LogP contribution in [0.3, 0.4) is 0 Å². The number of ether oxygens (including phenoxy) is 3. The molecule has 5 heteroatoms. The molecule has 2 atom stereocenters. The van der Waals surface area contributed by atoms with Gasteiger partial charge in [0, 0.05) is 32.2 Å². The Hall–Kier alpha value is -1.46. The standard InChI is InChI=1S/C17H26N2O3/c1-4-12(2)16(19-7-5-18-6-8-19)13-9-14(20-3)17-15(10-13)21-11-22-17/h9-10,12,16,18H,4-8,11H2,1-3H3/t12?,16-/m0/s1. The molecular formula is C17H26N2O3. The first kappa shape index (κ1) is 15.4. The van der Waals surface area contributed by atoms with Gasteiger partial charge >= 0.3 is 0 Å². The molecule has 1 N–H and O–H groups in total. The fourth-order valence-corrected chi connectivity index (χ4v) is 3.40. The van der Waals surface area contributed by atoms with Crippen molar-refractivity contribution in [2.45, 2.75) is 26.3 Å². The molecule has 0 aromatic heterocycles. The van der Waals surface area contributed by atoms with Gasteiger partial charge in [0.1, 0.15) is 0 Å². The van der Waals surface area contributed by atoms with Gasteiger partial charge in [-0.05, 0) is 23.6 Å². The van der Waals surface area contributed by atoms with Crippen LogP contribution in [-0.2, 0) is 0 Å². The molecule has 2 heterocycles. The number of fused-ring (bicyclic) bond motifs is 1. The molecule has 0 radical (unpaired) electrons. The number of nitrogens with one attached hydrogen (secondary N) is 1. The number of nitrogens with zero attached hydrogens (tertiary/aromatic N) is 1. The summed E-state index contributed by atoms with van der Waals surface area (Å²) in [5.41, 5.74) is 1.26. The topological polar surface area (TPSA) is 43.0 Å². The van der Waals surface area contributed by atoms with Crippen LogP contribution in [0, 0.1) is 5.92 Å². The third-order valence-corrected chi connectivity index (χ3v) is 4.75. The summed E-state index contributed by atoms with van der Waals surface area (Å²) in [6.07, 6.45) is 1.14. The number of methoxy groups -OCH3 is 1. The van der Waals surface area contributed by atoms with Crippen molar-refractivity contribution in [2.24, 2.45) is 5.92 Å². The highest BCUT2D eigenvalue weighted by atomic mass is 16.7. The maximum absolute atomic E-state index is 5.60. The average Bonchev–Trinajstić information content (AvgIpc) is 3.03. The van der Waals surface area contributed by atoms with Gasteiger partial charge in [-0.2, -0.15) is 0 Å². The van der Waals surface area contributed by atoms with E-state index in [9.17, 15) is 0 Å². The van der Waals surface area contributed by atoms with Gasteiger partial charge in [-0.3, -0.25) is 4.90 Å². The number of rotatable bonds is 5. The number of hydrogen-bond acceptors (Lipinski definition) is 5. The van der Waals surface area contributed by atoms with E-state index in [0.29, 0.717) is 12.0 Å². The van der Waals surface area contributed by atoms with E-state index in [4.69, 9.17) is 14.2 Å². The molecule has 2 aliphatic rings. The second-order valence-corrected chi connectivity index (χ2v) is 6.07. The Morgan fingerprint density at radius 2 is 2.05 bits per heavy atom. The van der Waals surface area contributed by atoms with E-state index >= 15 is 0 Å². The zero-order chi connectivity index (χ0) is 15.5. The first-order valence-corrected chi connectivity index (χ1v) is 8.17. The molecule has 1 aromatic rings. The minimum atomic E-state index is 0.275. The predicted octanol–water partition coefficient (Wildman–Crippen LogP) is 2.42. The molecule has 1 unspecified atom stereocenters. The van der Waals surface area contributed by atoms with Gasteiger partial charge in [-0.25, -0.2) is 0 Å². The summed E-state index contributed by atoms with van der Waals surface area (Å²) in [5.74, 6) is 2.88. The summed E-state index contributed by atoms with van der Waals surface area (Å²) in [6.45, 7) is 9.10. The van der Waals surface area contributed by atoms with Crippen LogP contribution >= 0.6 is 0 Å². The van der Waals surface area contributed by atoms with Gasteiger partial charge in [0.2, 0.25) is 12.5 Å². The number of hydrogen-bond donors (Lipinski definition) is 1. The molecule has 0 bridgehead atoms. The third kappa shape index (κ3) is 2.88. The van der Waals surface area contributed by atoms with Crippen molar-refractivity contribution in [3.8, 4) is 17.2 Å². The fourth-order valence-electron chi connectivity index (χ4n) is 3.40. The lowest BCUT2D eigenvalue weighted by molar-refractivity contribution is 0.128. The molecule has 0 amide bonds. The van der Waals surface area contributed by atoms with Crippen LogP contribution < -0.4 is 19.5 Å². The molecule has 1 fully saturated rings. The molecule has 2 aliphatic heterocycles. The van der Waals surface area contributed by atoms with Crippen molar-refractivity contribution >= 4 is 0 Å². The van der Waals surface area contributed by atoms with Crippen LogP contribution in [0.5, 0.6) is 17.2 Å². The SMILES string of the molecule is CCC(C)[C@@H](c1cc(OC)c2c(c1)OCO2)N1CCNCC1. The van der Waals surface area contributed by atoms with Gasteiger partial charge in [0.15, 0.2) is 11.5 Å². The first-order chi connectivity index (χ1) is 10.7. The van der Waals surface area contributed by atoms with Gasteiger partial charge in [0.05, 0.1) is 7.11 Å². The van der Waals surface area contributed by atoms with Crippen molar-refractivity contribution in [3.05, 3.63) is 17.7 Å². The van der Waals surface area contributed by atoms with Crippen LogP contribution in [-0.4, -0.2) is 45.0 Å². The van der Waals surface area contributed by atoms with Crippen molar-refractivity contribution in [1.29, 1.82) is 0 Å². The molecule has 0 spiro atoms. The van der Waals surface area contributed by atoms with Crippen LogP contribution in [0.15, 0.2) is 12.1 Å². The van der Waals surface area contributed by atoms with Crippen molar-refractivity contribution in [1.82, 2.24) is 10.2 Å². The van der Waals surface area contributed by atoms with E-state index in [1.165, 1.54) is 5.56 Å². The molecular weight excluding hydrogens is 280 g/mol. The average molecular weight is 306 g/mol. The number of piperazine rings is 1. The van der Waals surface area contributed by atoms with Gasteiger partial charge in [-0.15, -0.1) is 0 Å². The van der Waals surface area contributed by atoms with Crippen LogP contribution in [0.1, 0.15) is 31.9 Å². The molecule has 0 saturated carbocycles. The Morgan fingerprint density at radius 3 is 2.73 bits per heavy atom. The van der Waals surface area contributed by atoms with Gasteiger partial charge < -0.3 is 19.5 Å². The summed E-state index contributed by atoms with van der Waals surface area (Å²) in [7, 11) is 1.68. The monoisotopic (exact) mass is 306 g/mol.